The fourth-order valence-electron chi connectivity index (χ4n) is 3.03. The van der Waals surface area contributed by atoms with Crippen molar-refractivity contribution >= 4 is 0 Å². The second kappa shape index (κ2) is 7.05. The van der Waals surface area contributed by atoms with Crippen LogP contribution in [0.15, 0.2) is 48.8 Å². The molecule has 22 heavy (non-hydrogen) atoms. The maximum Gasteiger partial charge on any atom is 0.0793 e. The zero-order valence-corrected chi connectivity index (χ0v) is 13.0. The Morgan fingerprint density at radius 3 is 2.73 bits per heavy atom. The molecular weight excluding hydrogens is 276 g/mol. The molecule has 0 saturated carbocycles. The van der Waals surface area contributed by atoms with Crippen molar-refractivity contribution in [3.63, 3.8) is 0 Å². The van der Waals surface area contributed by atoms with Gasteiger partial charge in [-0.15, -0.1) is 0 Å². The molecule has 1 fully saturated rings. The Kier molecular flexibility index (Phi) is 4.87. The van der Waals surface area contributed by atoms with E-state index in [1.165, 1.54) is 5.56 Å². The van der Waals surface area contributed by atoms with E-state index in [1.54, 1.807) is 0 Å². The monoisotopic (exact) mass is 300 g/mol. The predicted octanol–water partition coefficient (Wildman–Crippen LogP) is 1.23. The van der Waals surface area contributed by atoms with Crippen LogP contribution in [-0.4, -0.2) is 64.0 Å². The molecule has 0 radical (unpaired) electrons. The number of rotatable bonds is 7. The number of hydrogen-bond acceptors (Lipinski definition) is 4. The lowest BCUT2D eigenvalue weighted by Gasteiger charge is -2.40. The highest BCUT2D eigenvalue weighted by atomic mass is 16.3. The van der Waals surface area contributed by atoms with Crippen molar-refractivity contribution in [3.05, 3.63) is 54.4 Å². The van der Waals surface area contributed by atoms with Crippen LogP contribution in [0.4, 0.5) is 0 Å². The van der Waals surface area contributed by atoms with E-state index in [9.17, 15) is 5.11 Å². The van der Waals surface area contributed by atoms with Gasteiger partial charge in [0.2, 0.25) is 0 Å². The lowest BCUT2D eigenvalue weighted by atomic mass is 10.1. The molecule has 1 aliphatic rings. The average molecular weight is 300 g/mol. The fraction of sp³-hybridized carbons (Fsp3) is 0.471. The first-order chi connectivity index (χ1) is 10.7. The molecule has 2 heterocycles. The smallest absolute Gasteiger partial charge is 0.0793 e. The number of likely N-dealkylation sites (N-methyl/N-ethyl adjacent to an activating group) is 1. The molecule has 0 bridgehead atoms. The summed E-state index contributed by atoms with van der Waals surface area (Å²) in [5.41, 5.74) is 1.28. The lowest BCUT2D eigenvalue weighted by molar-refractivity contribution is 0.0269. The van der Waals surface area contributed by atoms with E-state index in [0.29, 0.717) is 12.6 Å². The summed E-state index contributed by atoms with van der Waals surface area (Å²) in [6.07, 6.45) is 3.51. The van der Waals surface area contributed by atoms with E-state index in [2.05, 4.69) is 46.2 Å². The van der Waals surface area contributed by atoms with Gasteiger partial charge in [0.25, 0.3) is 0 Å². The summed E-state index contributed by atoms with van der Waals surface area (Å²) in [6.45, 7) is 4.24. The van der Waals surface area contributed by atoms with Gasteiger partial charge in [-0.25, -0.2) is 0 Å². The van der Waals surface area contributed by atoms with Crippen LogP contribution in [0, 0.1) is 0 Å². The Morgan fingerprint density at radius 1 is 1.27 bits per heavy atom. The molecule has 0 spiro atoms. The van der Waals surface area contributed by atoms with E-state index in [1.807, 2.05) is 29.2 Å². The first-order valence-corrected chi connectivity index (χ1v) is 7.83. The van der Waals surface area contributed by atoms with Crippen LogP contribution in [-0.2, 0) is 6.54 Å². The fourth-order valence-corrected chi connectivity index (χ4v) is 3.03. The summed E-state index contributed by atoms with van der Waals surface area (Å²) in [5.74, 6) is 0. The summed E-state index contributed by atoms with van der Waals surface area (Å²) in [6, 6.07) is 12.8. The van der Waals surface area contributed by atoms with Crippen LogP contribution in [0.5, 0.6) is 0 Å². The number of likely N-dealkylation sites (tertiary alicyclic amines) is 1. The molecule has 1 aromatic heterocycles. The molecule has 1 unspecified atom stereocenters. The molecule has 1 aromatic carbocycles. The van der Waals surface area contributed by atoms with Crippen LogP contribution in [0.2, 0.25) is 0 Å². The number of hydrogen-bond donors (Lipinski definition) is 1. The van der Waals surface area contributed by atoms with Crippen LogP contribution in [0.1, 0.15) is 11.6 Å². The second-order valence-electron chi connectivity index (χ2n) is 6.19. The van der Waals surface area contributed by atoms with Crippen molar-refractivity contribution in [3.8, 4) is 0 Å². The van der Waals surface area contributed by atoms with Crippen LogP contribution in [0.25, 0.3) is 0 Å². The SMILES string of the molecule is CN(Cc1ccccc1)CC(O)CN1CC(n2cccn2)C1. The van der Waals surface area contributed by atoms with Gasteiger partial charge in [0, 0.05) is 45.1 Å². The van der Waals surface area contributed by atoms with E-state index in [-0.39, 0.29) is 6.10 Å². The quantitative estimate of drug-likeness (QED) is 0.835. The predicted molar refractivity (Wildman–Crippen MR) is 86.5 cm³/mol. The summed E-state index contributed by atoms with van der Waals surface area (Å²) >= 11 is 0. The number of benzene rings is 1. The maximum atomic E-state index is 10.2. The standard InChI is InChI=1S/C17H24N4O/c1-19(10-15-6-3-2-4-7-15)13-17(22)14-20-11-16(12-20)21-9-5-8-18-21/h2-9,16-17,22H,10-14H2,1H3. The van der Waals surface area contributed by atoms with Crippen LogP contribution in [0.3, 0.4) is 0 Å². The Balaban J connectivity index is 1.37. The molecule has 1 N–H and O–H groups in total. The number of aromatic nitrogens is 2. The number of β-amino-alcohol motifs (C(OH)–C–C–N with tert-alkyl or cyclic N) is 1. The zero-order valence-electron chi connectivity index (χ0n) is 13.0. The van der Waals surface area contributed by atoms with Crippen molar-refractivity contribution < 1.29 is 5.11 Å². The third-order valence-electron chi connectivity index (χ3n) is 4.12. The highest BCUT2D eigenvalue weighted by Crippen LogP contribution is 2.20. The van der Waals surface area contributed by atoms with Gasteiger partial charge in [0.05, 0.1) is 12.1 Å². The summed E-state index contributed by atoms with van der Waals surface area (Å²) in [5, 5.41) is 14.5. The topological polar surface area (TPSA) is 44.5 Å². The molecule has 0 amide bonds. The van der Waals surface area contributed by atoms with Crippen molar-refractivity contribution in [2.75, 3.05) is 33.2 Å². The molecule has 5 heteroatoms. The van der Waals surface area contributed by atoms with Crippen molar-refractivity contribution in [1.29, 1.82) is 0 Å². The first-order valence-electron chi connectivity index (χ1n) is 7.83. The zero-order chi connectivity index (χ0) is 15.4. The maximum absolute atomic E-state index is 10.2. The first kappa shape index (κ1) is 15.2. The van der Waals surface area contributed by atoms with Gasteiger partial charge >= 0.3 is 0 Å². The minimum atomic E-state index is -0.313. The van der Waals surface area contributed by atoms with Crippen molar-refractivity contribution in [1.82, 2.24) is 19.6 Å². The van der Waals surface area contributed by atoms with Gasteiger partial charge in [-0.1, -0.05) is 30.3 Å². The minimum absolute atomic E-state index is 0.313. The molecule has 5 nitrogen and oxygen atoms in total. The number of nitrogens with zero attached hydrogens (tertiary/aromatic N) is 4. The molecular formula is C17H24N4O. The number of aliphatic hydroxyl groups excluding tert-OH is 1. The molecule has 3 rings (SSSR count). The Labute approximate surface area is 131 Å². The van der Waals surface area contributed by atoms with E-state index in [0.717, 1.165) is 26.2 Å². The number of aliphatic hydroxyl groups is 1. The Hall–Kier alpha value is -1.69. The molecule has 1 aliphatic heterocycles. The Bertz CT molecular complexity index is 551. The van der Waals surface area contributed by atoms with Gasteiger partial charge in [-0.05, 0) is 18.7 Å². The summed E-state index contributed by atoms with van der Waals surface area (Å²) in [7, 11) is 2.05. The van der Waals surface area contributed by atoms with Gasteiger partial charge in [0.1, 0.15) is 0 Å². The van der Waals surface area contributed by atoms with Crippen LogP contribution < -0.4 is 0 Å². The second-order valence-corrected chi connectivity index (χ2v) is 6.19. The molecule has 2 aromatic rings. The molecule has 1 saturated heterocycles. The third-order valence-corrected chi connectivity index (χ3v) is 4.12. The highest BCUT2D eigenvalue weighted by Gasteiger charge is 2.29. The normalized spacial score (nSPS) is 17.6. The lowest BCUT2D eigenvalue weighted by Crippen LogP contribution is -2.51. The third kappa shape index (κ3) is 3.94. The molecule has 0 aliphatic carbocycles. The summed E-state index contributed by atoms with van der Waals surface area (Å²) in [4.78, 5) is 4.46. The van der Waals surface area contributed by atoms with Crippen LogP contribution >= 0.6 is 0 Å². The highest BCUT2D eigenvalue weighted by molar-refractivity contribution is 5.14. The summed E-state index contributed by atoms with van der Waals surface area (Å²) < 4.78 is 2.00. The molecule has 1 atom stereocenters. The van der Waals surface area contributed by atoms with Gasteiger partial charge in [-0.3, -0.25) is 14.5 Å². The minimum Gasteiger partial charge on any atom is -0.390 e. The van der Waals surface area contributed by atoms with Crippen molar-refractivity contribution in [2.24, 2.45) is 0 Å². The van der Waals surface area contributed by atoms with Crippen molar-refractivity contribution in [2.45, 2.75) is 18.7 Å². The van der Waals surface area contributed by atoms with E-state index >= 15 is 0 Å². The van der Waals surface area contributed by atoms with E-state index < -0.39 is 0 Å². The van der Waals surface area contributed by atoms with Gasteiger partial charge in [0.15, 0.2) is 0 Å². The average Bonchev–Trinajstić information content (AvgIpc) is 2.97. The largest absolute Gasteiger partial charge is 0.390 e. The Morgan fingerprint density at radius 2 is 2.05 bits per heavy atom. The van der Waals surface area contributed by atoms with Gasteiger partial charge < -0.3 is 5.11 Å². The van der Waals surface area contributed by atoms with E-state index in [4.69, 9.17) is 0 Å². The molecule has 118 valence electrons. The van der Waals surface area contributed by atoms with Gasteiger partial charge in [-0.2, -0.15) is 5.10 Å².